The Balaban J connectivity index is 1.40. The molecule has 2 aromatic heterocycles. The van der Waals surface area contributed by atoms with Crippen LogP contribution >= 0.6 is 0 Å². The van der Waals surface area contributed by atoms with Gasteiger partial charge >= 0.3 is 0 Å². The molecule has 1 atom stereocenters. The lowest BCUT2D eigenvalue weighted by atomic mass is 9.85. The van der Waals surface area contributed by atoms with Crippen LogP contribution in [-0.2, 0) is 16.0 Å². The molecule has 0 bridgehead atoms. The molecule has 2 fully saturated rings. The van der Waals surface area contributed by atoms with Gasteiger partial charge in [0.05, 0.1) is 12.2 Å². The number of hydrogen-bond acceptors (Lipinski definition) is 8. The normalized spacial score (nSPS) is 17.9. The third kappa shape index (κ3) is 7.36. The monoisotopic (exact) mass is 510 g/mol. The summed E-state index contributed by atoms with van der Waals surface area (Å²) in [5.41, 5.74) is 5.98. The van der Waals surface area contributed by atoms with Gasteiger partial charge in [-0.2, -0.15) is 0 Å². The molecule has 1 saturated heterocycles. The maximum atomic E-state index is 13.1. The van der Waals surface area contributed by atoms with E-state index in [0.717, 1.165) is 56.8 Å². The van der Waals surface area contributed by atoms with Crippen LogP contribution in [0.4, 0.5) is 5.95 Å². The number of Topliss-reactive ketones (excluding diaryl/α,β-unsaturated/α-hetero) is 1. The predicted octanol–water partition coefficient (Wildman–Crippen LogP) is 3.17. The Morgan fingerprint density at radius 2 is 1.81 bits per heavy atom. The average Bonchev–Trinajstić information content (AvgIpc) is 3.35. The minimum absolute atomic E-state index is 0.122. The lowest BCUT2D eigenvalue weighted by Crippen LogP contribution is -2.34. The zero-order chi connectivity index (χ0) is 26.2. The maximum Gasteiger partial charge on any atom is 0.225 e. The fraction of sp³-hybridized carbons (Fsp3) is 0.630. The summed E-state index contributed by atoms with van der Waals surface area (Å²) in [5, 5.41) is 2.67. The standard InChI is InChI=1S/C27H38N6O4/c1-18(25(28)36)8-9-23(35)31-17-22(34)24-21(16-19-6-3-2-4-7-19)32-26(37-24)20-10-14-33(15-11-20)27-29-12-5-13-30-27/h5,12-13,18-20H,2-4,6-11,14-17H2,1H3,(H2,28,36)(H,31,35). The molecule has 3 heterocycles. The molecule has 1 aliphatic carbocycles. The van der Waals surface area contributed by atoms with Gasteiger partial charge in [0.1, 0.15) is 0 Å². The number of hydrogen-bond donors (Lipinski definition) is 2. The number of amides is 2. The zero-order valence-electron chi connectivity index (χ0n) is 21.7. The summed E-state index contributed by atoms with van der Waals surface area (Å²) < 4.78 is 6.14. The average molecular weight is 511 g/mol. The van der Waals surface area contributed by atoms with Gasteiger partial charge in [-0.3, -0.25) is 14.4 Å². The van der Waals surface area contributed by atoms with Gasteiger partial charge in [-0.15, -0.1) is 0 Å². The van der Waals surface area contributed by atoms with Crippen molar-refractivity contribution >= 4 is 23.5 Å². The number of oxazole rings is 1. The summed E-state index contributed by atoms with van der Waals surface area (Å²) in [4.78, 5) is 52.3. The van der Waals surface area contributed by atoms with E-state index in [9.17, 15) is 14.4 Å². The van der Waals surface area contributed by atoms with E-state index in [4.69, 9.17) is 15.1 Å². The highest BCUT2D eigenvalue weighted by atomic mass is 16.4. The van der Waals surface area contributed by atoms with Crippen molar-refractivity contribution in [2.24, 2.45) is 17.6 Å². The maximum absolute atomic E-state index is 13.1. The van der Waals surface area contributed by atoms with Crippen LogP contribution in [0.2, 0.25) is 0 Å². The van der Waals surface area contributed by atoms with Crippen molar-refractivity contribution in [3.8, 4) is 0 Å². The second-order valence-corrected chi connectivity index (χ2v) is 10.4. The second-order valence-electron chi connectivity index (χ2n) is 10.4. The molecule has 4 rings (SSSR count). The van der Waals surface area contributed by atoms with Crippen LogP contribution in [0.1, 0.15) is 92.8 Å². The molecule has 0 aromatic carbocycles. The van der Waals surface area contributed by atoms with Crippen molar-refractivity contribution in [2.75, 3.05) is 24.5 Å². The van der Waals surface area contributed by atoms with Crippen molar-refractivity contribution in [1.29, 1.82) is 0 Å². The lowest BCUT2D eigenvalue weighted by molar-refractivity contribution is -0.123. The molecule has 1 saturated carbocycles. The van der Waals surface area contributed by atoms with Gasteiger partial charge in [-0.1, -0.05) is 39.0 Å². The Kier molecular flexibility index (Phi) is 9.24. The van der Waals surface area contributed by atoms with Crippen molar-refractivity contribution in [1.82, 2.24) is 20.3 Å². The molecular weight excluding hydrogens is 472 g/mol. The predicted molar refractivity (Wildman–Crippen MR) is 138 cm³/mol. The van der Waals surface area contributed by atoms with Gasteiger partial charge in [-0.25, -0.2) is 15.0 Å². The van der Waals surface area contributed by atoms with Crippen LogP contribution < -0.4 is 16.0 Å². The zero-order valence-corrected chi connectivity index (χ0v) is 21.7. The third-order valence-electron chi connectivity index (χ3n) is 7.59. The summed E-state index contributed by atoms with van der Waals surface area (Å²) in [6, 6.07) is 1.81. The number of carbonyl (C=O) groups is 3. The lowest BCUT2D eigenvalue weighted by Gasteiger charge is -2.30. The molecule has 3 N–H and O–H groups in total. The van der Waals surface area contributed by atoms with Gasteiger partial charge in [0.25, 0.3) is 0 Å². The summed E-state index contributed by atoms with van der Waals surface area (Å²) in [7, 11) is 0. The number of piperidine rings is 1. The van der Waals surface area contributed by atoms with Crippen LogP contribution in [0.5, 0.6) is 0 Å². The number of ketones is 1. The molecule has 37 heavy (non-hydrogen) atoms. The van der Waals surface area contributed by atoms with Crippen LogP contribution in [0, 0.1) is 11.8 Å². The molecule has 0 spiro atoms. The molecule has 10 nitrogen and oxygen atoms in total. The summed E-state index contributed by atoms with van der Waals surface area (Å²) in [6.07, 6.45) is 12.3. The first-order valence-electron chi connectivity index (χ1n) is 13.5. The van der Waals surface area contributed by atoms with E-state index in [1.807, 2.05) is 0 Å². The molecule has 200 valence electrons. The number of nitrogens with two attached hydrogens (primary N) is 1. The van der Waals surface area contributed by atoms with Crippen molar-refractivity contribution in [3.05, 3.63) is 35.8 Å². The quantitative estimate of drug-likeness (QED) is 0.439. The van der Waals surface area contributed by atoms with Crippen molar-refractivity contribution < 1.29 is 18.8 Å². The summed E-state index contributed by atoms with van der Waals surface area (Å²) in [6.45, 7) is 3.11. The highest BCUT2D eigenvalue weighted by Crippen LogP contribution is 2.33. The van der Waals surface area contributed by atoms with E-state index in [0.29, 0.717) is 18.2 Å². The fourth-order valence-electron chi connectivity index (χ4n) is 5.18. The Morgan fingerprint density at radius 3 is 2.49 bits per heavy atom. The number of primary amides is 1. The van der Waals surface area contributed by atoms with E-state index < -0.39 is 5.91 Å². The van der Waals surface area contributed by atoms with E-state index in [1.54, 1.807) is 25.4 Å². The summed E-state index contributed by atoms with van der Waals surface area (Å²) in [5.74, 6) is 0.860. The van der Waals surface area contributed by atoms with E-state index >= 15 is 0 Å². The minimum atomic E-state index is -0.437. The largest absolute Gasteiger partial charge is 0.437 e. The highest BCUT2D eigenvalue weighted by Gasteiger charge is 2.30. The Hall–Kier alpha value is -3.30. The van der Waals surface area contributed by atoms with Crippen LogP contribution in [0.15, 0.2) is 22.9 Å². The fourth-order valence-corrected chi connectivity index (χ4v) is 5.18. The number of anilines is 1. The smallest absolute Gasteiger partial charge is 0.225 e. The van der Waals surface area contributed by atoms with Gasteiger partial charge in [0, 0.05) is 43.7 Å². The van der Waals surface area contributed by atoms with Crippen LogP contribution in [-0.4, -0.2) is 52.2 Å². The van der Waals surface area contributed by atoms with Gasteiger partial charge in [0.15, 0.2) is 11.7 Å². The molecule has 2 aromatic rings. The topological polar surface area (TPSA) is 144 Å². The Morgan fingerprint density at radius 1 is 1.11 bits per heavy atom. The molecular formula is C27H38N6O4. The van der Waals surface area contributed by atoms with Gasteiger partial charge < -0.3 is 20.4 Å². The second kappa shape index (κ2) is 12.8. The van der Waals surface area contributed by atoms with Gasteiger partial charge in [-0.05, 0) is 37.7 Å². The van der Waals surface area contributed by atoms with Crippen molar-refractivity contribution in [3.63, 3.8) is 0 Å². The number of aromatic nitrogens is 3. The minimum Gasteiger partial charge on any atom is -0.437 e. The van der Waals surface area contributed by atoms with Crippen LogP contribution in [0.25, 0.3) is 0 Å². The van der Waals surface area contributed by atoms with Gasteiger partial charge in [0.2, 0.25) is 23.5 Å². The first kappa shape index (κ1) is 26.8. The van der Waals surface area contributed by atoms with E-state index in [-0.39, 0.29) is 42.3 Å². The molecule has 0 radical (unpaired) electrons. The first-order valence-corrected chi connectivity index (χ1v) is 13.5. The molecule has 2 amide bonds. The SMILES string of the molecule is CC(CCC(=O)NCC(=O)c1oc(C2CCN(c3ncccn3)CC2)nc1CC1CCCCC1)C(N)=O. The molecule has 1 unspecified atom stereocenters. The Bertz CT molecular complexity index is 1060. The first-order chi connectivity index (χ1) is 17.9. The number of nitrogens with one attached hydrogen (secondary N) is 1. The van der Waals surface area contributed by atoms with Crippen molar-refractivity contribution in [2.45, 2.75) is 77.0 Å². The van der Waals surface area contributed by atoms with E-state index in [1.165, 1.54) is 19.3 Å². The summed E-state index contributed by atoms with van der Waals surface area (Å²) >= 11 is 0. The third-order valence-corrected chi connectivity index (χ3v) is 7.59. The molecule has 10 heteroatoms. The van der Waals surface area contributed by atoms with Crippen LogP contribution in [0.3, 0.4) is 0 Å². The molecule has 1 aliphatic heterocycles. The highest BCUT2D eigenvalue weighted by molar-refractivity contribution is 5.98. The number of nitrogens with zero attached hydrogens (tertiary/aromatic N) is 4. The Labute approximate surface area is 217 Å². The number of rotatable bonds is 11. The number of carbonyl (C=O) groups excluding carboxylic acids is 3. The molecule has 2 aliphatic rings. The van der Waals surface area contributed by atoms with E-state index in [2.05, 4.69) is 20.2 Å².